The molecule has 0 amide bonds. The maximum atomic E-state index is 9.37. The van der Waals surface area contributed by atoms with E-state index < -0.39 is 0 Å². The van der Waals surface area contributed by atoms with Crippen LogP contribution in [-0.2, 0) is 9.47 Å². The summed E-state index contributed by atoms with van der Waals surface area (Å²) in [4.78, 5) is 4.45. The van der Waals surface area contributed by atoms with Crippen LogP contribution in [0, 0.1) is 16.7 Å². The SMILES string of the molecule is CN=C(NCC1(CCO)CCOC1)NC1C2CCOC2C12CCC2. The highest BCUT2D eigenvalue weighted by atomic mass is 16.5. The van der Waals surface area contributed by atoms with E-state index in [2.05, 4.69) is 15.6 Å². The monoisotopic (exact) mass is 337 g/mol. The van der Waals surface area contributed by atoms with Gasteiger partial charge in [0.1, 0.15) is 0 Å². The van der Waals surface area contributed by atoms with Crippen LogP contribution in [0.5, 0.6) is 0 Å². The van der Waals surface area contributed by atoms with E-state index in [1.54, 1.807) is 0 Å². The summed E-state index contributed by atoms with van der Waals surface area (Å²) in [5.74, 6) is 1.53. The van der Waals surface area contributed by atoms with Gasteiger partial charge in [-0.2, -0.15) is 0 Å². The minimum absolute atomic E-state index is 0.0408. The number of nitrogens with one attached hydrogen (secondary N) is 2. The number of nitrogens with zero attached hydrogens (tertiary/aromatic N) is 1. The molecule has 4 fully saturated rings. The van der Waals surface area contributed by atoms with Crippen LogP contribution in [0.4, 0.5) is 0 Å². The highest BCUT2D eigenvalue weighted by Crippen LogP contribution is 2.62. The van der Waals surface area contributed by atoms with Gasteiger partial charge in [-0.05, 0) is 32.1 Å². The molecule has 1 spiro atoms. The van der Waals surface area contributed by atoms with Gasteiger partial charge in [0, 0.05) is 56.2 Å². The Balaban J connectivity index is 1.36. The van der Waals surface area contributed by atoms with Crippen LogP contribution in [0.15, 0.2) is 4.99 Å². The molecule has 24 heavy (non-hydrogen) atoms. The molecule has 2 saturated carbocycles. The van der Waals surface area contributed by atoms with Crippen molar-refractivity contribution < 1.29 is 14.6 Å². The third-order valence-corrected chi connectivity index (χ3v) is 7.01. The quantitative estimate of drug-likeness (QED) is 0.513. The minimum Gasteiger partial charge on any atom is -0.396 e. The lowest BCUT2D eigenvalue weighted by Gasteiger charge is -2.63. The number of aliphatic imine (C=N–C) groups is 1. The van der Waals surface area contributed by atoms with E-state index in [0.29, 0.717) is 23.5 Å². The molecule has 0 radical (unpaired) electrons. The minimum atomic E-state index is 0.0408. The maximum Gasteiger partial charge on any atom is 0.191 e. The predicted molar refractivity (Wildman–Crippen MR) is 92.0 cm³/mol. The average molecular weight is 337 g/mol. The van der Waals surface area contributed by atoms with Crippen LogP contribution >= 0.6 is 0 Å². The number of aliphatic hydroxyl groups is 1. The van der Waals surface area contributed by atoms with E-state index in [-0.39, 0.29) is 12.0 Å². The van der Waals surface area contributed by atoms with Crippen LogP contribution in [0.3, 0.4) is 0 Å². The molecule has 4 unspecified atom stereocenters. The molecule has 6 nitrogen and oxygen atoms in total. The summed E-state index contributed by atoms with van der Waals surface area (Å²) < 4.78 is 11.6. The summed E-state index contributed by atoms with van der Waals surface area (Å²) in [5.41, 5.74) is 0.400. The Morgan fingerprint density at radius 2 is 2.17 bits per heavy atom. The number of hydrogen-bond donors (Lipinski definition) is 3. The lowest BCUT2D eigenvalue weighted by Crippen LogP contribution is -2.72. The van der Waals surface area contributed by atoms with Crippen molar-refractivity contribution in [3.05, 3.63) is 0 Å². The highest BCUT2D eigenvalue weighted by molar-refractivity contribution is 5.80. The van der Waals surface area contributed by atoms with Crippen molar-refractivity contribution >= 4 is 5.96 Å². The van der Waals surface area contributed by atoms with Gasteiger partial charge in [-0.25, -0.2) is 0 Å². The van der Waals surface area contributed by atoms with Gasteiger partial charge in [-0.1, -0.05) is 6.42 Å². The zero-order valence-electron chi connectivity index (χ0n) is 14.7. The fourth-order valence-corrected chi connectivity index (χ4v) is 5.38. The molecule has 2 saturated heterocycles. The fourth-order valence-electron chi connectivity index (χ4n) is 5.38. The third-order valence-electron chi connectivity index (χ3n) is 7.01. The molecule has 2 aliphatic heterocycles. The van der Waals surface area contributed by atoms with E-state index in [1.807, 2.05) is 7.05 Å². The van der Waals surface area contributed by atoms with Crippen molar-refractivity contribution in [2.75, 3.05) is 40.0 Å². The van der Waals surface area contributed by atoms with Crippen LogP contribution in [0.1, 0.15) is 38.5 Å². The number of hydrogen-bond acceptors (Lipinski definition) is 4. The fraction of sp³-hybridized carbons (Fsp3) is 0.944. The van der Waals surface area contributed by atoms with E-state index in [1.165, 1.54) is 25.7 Å². The molecule has 0 bridgehead atoms. The van der Waals surface area contributed by atoms with Crippen LogP contribution < -0.4 is 10.6 Å². The lowest BCUT2D eigenvalue weighted by molar-refractivity contribution is -0.171. The summed E-state index contributed by atoms with van der Waals surface area (Å²) in [6.07, 6.45) is 7.32. The van der Waals surface area contributed by atoms with E-state index in [4.69, 9.17) is 9.47 Å². The Bertz CT molecular complexity index is 486. The van der Waals surface area contributed by atoms with E-state index >= 15 is 0 Å². The molecule has 6 heteroatoms. The van der Waals surface area contributed by atoms with Crippen LogP contribution in [0.2, 0.25) is 0 Å². The largest absolute Gasteiger partial charge is 0.396 e. The normalized spacial score (nSPS) is 40.1. The molecule has 4 aliphatic rings. The number of guanidine groups is 1. The van der Waals surface area contributed by atoms with Crippen molar-refractivity contribution in [2.45, 2.75) is 50.7 Å². The first-order valence-electron chi connectivity index (χ1n) is 9.50. The van der Waals surface area contributed by atoms with Gasteiger partial charge >= 0.3 is 0 Å². The molecular weight excluding hydrogens is 306 g/mol. The molecular formula is C18H31N3O3. The molecule has 2 aliphatic carbocycles. The summed E-state index contributed by atoms with van der Waals surface area (Å²) in [6, 6.07) is 0.499. The number of aliphatic hydroxyl groups excluding tert-OH is 1. The zero-order chi connectivity index (χ0) is 16.6. The smallest absolute Gasteiger partial charge is 0.191 e. The number of rotatable bonds is 5. The van der Waals surface area contributed by atoms with Gasteiger partial charge in [-0.15, -0.1) is 0 Å². The van der Waals surface area contributed by atoms with Crippen molar-refractivity contribution in [1.29, 1.82) is 0 Å². The van der Waals surface area contributed by atoms with Crippen LogP contribution in [-0.4, -0.2) is 63.2 Å². The van der Waals surface area contributed by atoms with Gasteiger partial charge in [0.05, 0.1) is 12.7 Å². The van der Waals surface area contributed by atoms with Crippen LogP contribution in [0.25, 0.3) is 0 Å². The number of fused-ring (bicyclic) bond motifs is 2. The first-order valence-corrected chi connectivity index (χ1v) is 9.50. The first-order chi connectivity index (χ1) is 11.7. The summed E-state index contributed by atoms with van der Waals surface area (Å²) >= 11 is 0. The second kappa shape index (κ2) is 6.46. The van der Waals surface area contributed by atoms with Crippen molar-refractivity contribution in [1.82, 2.24) is 10.6 Å². The lowest BCUT2D eigenvalue weighted by atomic mass is 9.46. The standard InChI is InChI=1S/C18H31N3O3/c1-19-16(20-11-17(6-8-22)7-10-23-12-17)21-14-13-3-9-24-15(13)18(14)4-2-5-18/h13-15,22H,2-12H2,1H3,(H2,19,20,21). The summed E-state index contributed by atoms with van der Waals surface area (Å²) in [5, 5.41) is 16.6. The van der Waals surface area contributed by atoms with Crippen molar-refractivity contribution in [3.63, 3.8) is 0 Å². The molecule has 0 aromatic carbocycles. The number of ether oxygens (including phenoxy) is 2. The predicted octanol–water partition coefficient (Wildman–Crippen LogP) is 0.898. The van der Waals surface area contributed by atoms with Gasteiger partial charge in [0.15, 0.2) is 5.96 Å². The molecule has 3 N–H and O–H groups in total. The Kier molecular flexibility index (Phi) is 4.47. The van der Waals surface area contributed by atoms with Gasteiger partial charge in [0.25, 0.3) is 0 Å². The van der Waals surface area contributed by atoms with Gasteiger partial charge in [0.2, 0.25) is 0 Å². The van der Waals surface area contributed by atoms with E-state index in [9.17, 15) is 5.11 Å². The maximum absolute atomic E-state index is 9.37. The molecule has 0 aromatic rings. The Morgan fingerprint density at radius 1 is 1.29 bits per heavy atom. The van der Waals surface area contributed by atoms with E-state index in [0.717, 1.165) is 45.2 Å². The zero-order valence-corrected chi connectivity index (χ0v) is 14.7. The Hall–Kier alpha value is -0.850. The van der Waals surface area contributed by atoms with Crippen molar-refractivity contribution in [3.8, 4) is 0 Å². The molecule has 0 aromatic heterocycles. The second-order valence-electron chi connectivity index (χ2n) is 8.15. The van der Waals surface area contributed by atoms with Gasteiger partial charge in [-0.3, -0.25) is 4.99 Å². The topological polar surface area (TPSA) is 75.1 Å². The summed E-state index contributed by atoms with van der Waals surface area (Å²) in [7, 11) is 1.84. The molecule has 4 atom stereocenters. The van der Waals surface area contributed by atoms with Crippen molar-refractivity contribution in [2.24, 2.45) is 21.7 Å². The molecule has 4 rings (SSSR count). The summed E-state index contributed by atoms with van der Waals surface area (Å²) in [6.45, 7) is 3.45. The molecule has 2 heterocycles. The Labute approximate surface area is 144 Å². The second-order valence-corrected chi connectivity index (χ2v) is 8.15. The van der Waals surface area contributed by atoms with Gasteiger partial charge < -0.3 is 25.2 Å². The average Bonchev–Trinajstić information content (AvgIpc) is 3.15. The highest BCUT2D eigenvalue weighted by Gasteiger charge is 2.66. The first kappa shape index (κ1) is 16.6. The third kappa shape index (κ3) is 2.54. The Morgan fingerprint density at radius 3 is 2.79 bits per heavy atom. The molecule has 136 valence electrons.